The van der Waals surface area contributed by atoms with Gasteiger partial charge in [-0.25, -0.2) is 4.79 Å². The van der Waals surface area contributed by atoms with Gasteiger partial charge in [0.1, 0.15) is 0 Å². The predicted molar refractivity (Wildman–Crippen MR) is 84.4 cm³/mol. The molecule has 0 aliphatic rings. The first kappa shape index (κ1) is 15.9. The van der Waals surface area contributed by atoms with Crippen LogP contribution in [-0.2, 0) is 4.74 Å². The number of ether oxygens (including phenoxy) is 2. The van der Waals surface area contributed by atoms with Gasteiger partial charge in [0.05, 0.1) is 18.8 Å². The molecular formula is C18H20O4. The molecule has 1 atom stereocenters. The minimum atomic E-state index is -0.456. The van der Waals surface area contributed by atoms with Crippen molar-refractivity contribution < 1.29 is 19.4 Å². The van der Waals surface area contributed by atoms with Crippen LogP contribution < -0.4 is 4.74 Å². The largest absolute Gasteiger partial charge is 0.504 e. The molecule has 0 aromatic heterocycles. The van der Waals surface area contributed by atoms with E-state index in [1.165, 1.54) is 11.6 Å². The van der Waals surface area contributed by atoms with Crippen molar-refractivity contribution >= 4 is 5.97 Å². The Hall–Kier alpha value is -2.49. The molecule has 0 radical (unpaired) electrons. The Kier molecular flexibility index (Phi) is 5.42. The van der Waals surface area contributed by atoms with Crippen molar-refractivity contribution in [3.05, 3.63) is 59.7 Å². The Morgan fingerprint density at radius 2 is 1.91 bits per heavy atom. The average Bonchev–Trinajstić information content (AvgIpc) is 2.54. The molecule has 116 valence electrons. The highest BCUT2D eigenvalue weighted by Gasteiger charge is 2.12. The van der Waals surface area contributed by atoms with Gasteiger partial charge in [-0.05, 0) is 30.7 Å². The molecule has 0 fully saturated rings. The molecule has 0 aliphatic carbocycles. The van der Waals surface area contributed by atoms with Crippen molar-refractivity contribution in [1.82, 2.24) is 0 Å². The smallest absolute Gasteiger partial charge is 0.338 e. The van der Waals surface area contributed by atoms with Crippen LogP contribution in [-0.4, -0.2) is 24.3 Å². The lowest BCUT2D eigenvalue weighted by atomic mass is 10.0. The molecule has 1 N–H and O–H groups in total. The Morgan fingerprint density at radius 3 is 2.55 bits per heavy atom. The molecule has 0 unspecified atom stereocenters. The summed E-state index contributed by atoms with van der Waals surface area (Å²) in [4.78, 5) is 11.6. The molecule has 4 heteroatoms. The zero-order chi connectivity index (χ0) is 15.9. The van der Waals surface area contributed by atoms with Crippen LogP contribution in [0.4, 0.5) is 0 Å². The quantitative estimate of drug-likeness (QED) is 0.825. The van der Waals surface area contributed by atoms with Gasteiger partial charge in [-0.2, -0.15) is 0 Å². The Balaban J connectivity index is 2.00. The van der Waals surface area contributed by atoms with Crippen LogP contribution >= 0.6 is 0 Å². The van der Waals surface area contributed by atoms with Gasteiger partial charge in [0.25, 0.3) is 0 Å². The minimum Gasteiger partial charge on any atom is -0.504 e. The topological polar surface area (TPSA) is 55.8 Å². The number of phenolic OH excluding ortho intramolecular Hbond substituents is 1. The number of esters is 1. The van der Waals surface area contributed by atoms with E-state index in [0.29, 0.717) is 24.5 Å². The summed E-state index contributed by atoms with van der Waals surface area (Å²) in [6, 6.07) is 14.5. The third-order valence-corrected chi connectivity index (χ3v) is 3.33. The van der Waals surface area contributed by atoms with E-state index in [1.54, 1.807) is 19.1 Å². The first-order valence-electron chi connectivity index (χ1n) is 7.29. The molecule has 4 nitrogen and oxygen atoms in total. The van der Waals surface area contributed by atoms with Crippen molar-refractivity contribution in [2.45, 2.75) is 19.8 Å². The van der Waals surface area contributed by atoms with Crippen LogP contribution in [0.2, 0.25) is 0 Å². The third kappa shape index (κ3) is 4.01. The SMILES string of the molecule is CCOC(=O)c1ccc(OC[C@@H](C)c2ccccc2)c(O)c1. The van der Waals surface area contributed by atoms with Gasteiger partial charge in [-0.15, -0.1) is 0 Å². The highest BCUT2D eigenvalue weighted by Crippen LogP contribution is 2.28. The fourth-order valence-corrected chi connectivity index (χ4v) is 2.07. The van der Waals surface area contributed by atoms with Crippen LogP contribution in [0.5, 0.6) is 11.5 Å². The maximum atomic E-state index is 11.6. The molecule has 0 amide bonds. The highest BCUT2D eigenvalue weighted by atomic mass is 16.5. The summed E-state index contributed by atoms with van der Waals surface area (Å²) < 4.78 is 10.5. The molecule has 22 heavy (non-hydrogen) atoms. The summed E-state index contributed by atoms with van der Waals surface area (Å²) in [6.45, 7) is 4.53. The number of aromatic hydroxyl groups is 1. The van der Waals surface area contributed by atoms with Crippen molar-refractivity contribution in [3.63, 3.8) is 0 Å². The fourth-order valence-electron chi connectivity index (χ4n) is 2.07. The normalized spacial score (nSPS) is 11.7. The average molecular weight is 300 g/mol. The maximum Gasteiger partial charge on any atom is 0.338 e. The van der Waals surface area contributed by atoms with E-state index in [2.05, 4.69) is 6.92 Å². The first-order chi connectivity index (χ1) is 10.6. The monoisotopic (exact) mass is 300 g/mol. The molecule has 0 saturated heterocycles. The fraction of sp³-hybridized carbons (Fsp3) is 0.278. The second-order valence-electron chi connectivity index (χ2n) is 5.03. The number of benzene rings is 2. The molecule has 0 bridgehead atoms. The van der Waals surface area contributed by atoms with Crippen LogP contribution in [0.25, 0.3) is 0 Å². The van der Waals surface area contributed by atoms with E-state index in [1.807, 2.05) is 30.3 Å². The second-order valence-corrected chi connectivity index (χ2v) is 5.03. The van der Waals surface area contributed by atoms with Crippen LogP contribution in [0, 0.1) is 0 Å². The molecular weight excluding hydrogens is 280 g/mol. The van der Waals surface area contributed by atoms with E-state index < -0.39 is 5.97 Å². The van der Waals surface area contributed by atoms with E-state index >= 15 is 0 Å². The maximum absolute atomic E-state index is 11.6. The lowest BCUT2D eigenvalue weighted by molar-refractivity contribution is 0.0526. The Morgan fingerprint density at radius 1 is 1.18 bits per heavy atom. The molecule has 0 saturated carbocycles. The lowest BCUT2D eigenvalue weighted by Gasteiger charge is -2.14. The van der Waals surface area contributed by atoms with Gasteiger partial charge in [-0.3, -0.25) is 0 Å². The van der Waals surface area contributed by atoms with E-state index in [9.17, 15) is 9.90 Å². The van der Waals surface area contributed by atoms with Crippen LogP contribution in [0.1, 0.15) is 35.7 Å². The number of hydrogen-bond acceptors (Lipinski definition) is 4. The Labute approximate surface area is 130 Å². The van der Waals surface area contributed by atoms with Crippen molar-refractivity contribution in [2.75, 3.05) is 13.2 Å². The van der Waals surface area contributed by atoms with Gasteiger partial charge in [0, 0.05) is 5.92 Å². The van der Waals surface area contributed by atoms with Crippen molar-refractivity contribution in [3.8, 4) is 11.5 Å². The molecule has 2 rings (SSSR count). The minimum absolute atomic E-state index is 0.0641. The summed E-state index contributed by atoms with van der Waals surface area (Å²) in [7, 11) is 0. The van der Waals surface area contributed by atoms with Gasteiger partial charge in [0.15, 0.2) is 11.5 Å². The molecule has 2 aromatic rings. The standard InChI is InChI=1S/C18H20O4/c1-3-21-18(20)15-9-10-17(16(19)11-15)22-12-13(2)14-7-5-4-6-8-14/h4-11,13,19H,3,12H2,1-2H3/t13-/m1/s1. The van der Waals surface area contributed by atoms with E-state index in [-0.39, 0.29) is 11.7 Å². The van der Waals surface area contributed by atoms with Crippen LogP contribution in [0.15, 0.2) is 48.5 Å². The summed E-state index contributed by atoms with van der Waals surface area (Å²) >= 11 is 0. The zero-order valence-corrected chi connectivity index (χ0v) is 12.8. The van der Waals surface area contributed by atoms with E-state index in [0.717, 1.165) is 0 Å². The Bertz CT molecular complexity index is 622. The molecule has 0 aliphatic heterocycles. The van der Waals surface area contributed by atoms with Crippen molar-refractivity contribution in [1.29, 1.82) is 0 Å². The third-order valence-electron chi connectivity index (χ3n) is 3.33. The number of rotatable bonds is 6. The van der Waals surface area contributed by atoms with Gasteiger partial charge < -0.3 is 14.6 Å². The summed E-state index contributed by atoms with van der Waals surface area (Å²) in [6.07, 6.45) is 0. The molecule has 0 heterocycles. The number of hydrogen-bond donors (Lipinski definition) is 1. The van der Waals surface area contributed by atoms with Gasteiger partial charge in [-0.1, -0.05) is 37.3 Å². The van der Waals surface area contributed by atoms with Gasteiger partial charge >= 0.3 is 5.97 Å². The van der Waals surface area contributed by atoms with Gasteiger partial charge in [0.2, 0.25) is 0 Å². The van der Waals surface area contributed by atoms with Crippen molar-refractivity contribution in [2.24, 2.45) is 0 Å². The van der Waals surface area contributed by atoms with E-state index in [4.69, 9.17) is 9.47 Å². The summed E-state index contributed by atoms with van der Waals surface area (Å²) in [5.41, 5.74) is 1.48. The molecule has 2 aromatic carbocycles. The number of carbonyl (C=O) groups excluding carboxylic acids is 1. The molecule has 0 spiro atoms. The number of carbonyl (C=O) groups is 1. The first-order valence-corrected chi connectivity index (χ1v) is 7.29. The number of phenols is 1. The summed E-state index contributed by atoms with van der Waals surface area (Å²) in [5.74, 6) is 0.0361. The van der Waals surface area contributed by atoms with Crippen LogP contribution in [0.3, 0.4) is 0 Å². The highest BCUT2D eigenvalue weighted by molar-refractivity contribution is 5.90. The predicted octanol–water partition coefficient (Wildman–Crippen LogP) is 3.75. The summed E-state index contributed by atoms with van der Waals surface area (Å²) in [5, 5.41) is 9.96. The lowest BCUT2D eigenvalue weighted by Crippen LogP contribution is -2.08. The second kappa shape index (κ2) is 7.50. The zero-order valence-electron chi connectivity index (χ0n) is 12.8.